The van der Waals surface area contributed by atoms with Crippen LogP contribution in [-0.4, -0.2) is 51.4 Å². The number of amides is 1. The molecule has 33 heavy (non-hydrogen) atoms. The minimum absolute atomic E-state index is 0.0819. The summed E-state index contributed by atoms with van der Waals surface area (Å²) in [5.74, 6) is -0.689. The first-order chi connectivity index (χ1) is 15.9. The van der Waals surface area contributed by atoms with E-state index in [-0.39, 0.29) is 10.6 Å². The fourth-order valence-corrected chi connectivity index (χ4v) is 5.69. The van der Waals surface area contributed by atoms with Crippen molar-refractivity contribution in [1.82, 2.24) is 4.31 Å². The van der Waals surface area contributed by atoms with Crippen molar-refractivity contribution >= 4 is 27.6 Å². The zero-order chi connectivity index (χ0) is 23.5. The van der Waals surface area contributed by atoms with Crippen LogP contribution in [0, 0.1) is 0 Å². The van der Waals surface area contributed by atoms with Crippen LogP contribution in [0.25, 0.3) is 0 Å². The summed E-state index contributed by atoms with van der Waals surface area (Å²) in [5.41, 5.74) is 0.412. The molecule has 4 rings (SSSR count). The van der Waals surface area contributed by atoms with Crippen molar-refractivity contribution in [2.75, 3.05) is 32.1 Å². The number of hydrogen-bond acceptors (Lipinski definition) is 6. The molecule has 2 aromatic carbocycles. The maximum Gasteiger partial charge on any atom is 0.317 e. The number of carbonyl (C=O) groups excluding carboxylic acids is 2. The lowest BCUT2D eigenvalue weighted by atomic mass is 9.96. The Balaban J connectivity index is 1.43. The minimum Gasteiger partial charge on any atom is -0.495 e. The average molecular weight is 473 g/mol. The number of piperidine rings is 1. The number of nitrogens with one attached hydrogen (secondary N) is 1. The fourth-order valence-electron chi connectivity index (χ4n) is 4.15. The van der Waals surface area contributed by atoms with Gasteiger partial charge in [-0.15, -0.1) is 0 Å². The van der Waals surface area contributed by atoms with Crippen molar-refractivity contribution in [3.05, 3.63) is 54.1 Å². The highest BCUT2D eigenvalue weighted by Crippen LogP contribution is 2.49. The smallest absolute Gasteiger partial charge is 0.317 e. The van der Waals surface area contributed by atoms with Crippen LogP contribution in [0.4, 0.5) is 5.69 Å². The van der Waals surface area contributed by atoms with Gasteiger partial charge in [-0.1, -0.05) is 36.8 Å². The molecule has 0 bridgehead atoms. The molecule has 1 aliphatic heterocycles. The van der Waals surface area contributed by atoms with Gasteiger partial charge in [0.15, 0.2) is 6.61 Å². The molecular formula is C24H28N2O6S. The van der Waals surface area contributed by atoms with Crippen LogP contribution in [0.2, 0.25) is 0 Å². The van der Waals surface area contributed by atoms with Gasteiger partial charge in [-0.25, -0.2) is 8.42 Å². The molecule has 1 N–H and O–H groups in total. The van der Waals surface area contributed by atoms with Crippen molar-refractivity contribution < 1.29 is 27.5 Å². The summed E-state index contributed by atoms with van der Waals surface area (Å²) in [5, 5.41) is 2.62. The molecule has 1 aliphatic carbocycles. The van der Waals surface area contributed by atoms with Gasteiger partial charge in [0.2, 0.25) is 10.0 Å². The monoisotopic (exact) mass is 472 g/mol. The number of ether oxygens (including phenoxy) is 2. The Morgan fingerprint density at radius 1 is 1.03 bits per heavy atom. The van der Waals surface area contributed by atoms with Gasteiger partial charge in [0.25, 0.3) is 5.91 Å². The summed E-state index contributed by atoms with van der Waals surface area (Å²) in [4.78, 5) is 25.3. The quantitative estimate of drug-likeness (QED) is 0.593. The highest BCUT2D eigenvalue weighted by Gasteiger charge is 2.52. The Morgan fingerprint density at radius 3 is 2.36 bits per heavy atom. The van der Waals surface area contributed by atoms with E-state index < -0.39 is 33.9 Å². The third-order valence-electron chi connectivity index (χ3n) is 6.20. The second-order valence-corrected chi connectivity index (χ2v) is 10.3. The molecule has 2 aromatic rings. The molecule has 0 aromatic heterocycles. The number of anilines is 1. The summed E-state index contributed by atoms with van der Waals surface area (Å²) in [7, 11) is -2.24. The van der Waals surface area contributed by atoms with Gasteiger partial charge in [-0.3, -0.25) is 9.59 Å². The van der Waals surface area contributed by atoms with E-state index in [9.17, 15) is 18.0 Å². The molecule has 2 fully saturated rings. The number of rotatable bonds is 8. The van der Waals surface area contributed by atoms with Gasteiger partial charge in [0.05, 0.1) is 23.1 Å². The van der Waals surface area contributed by atoms with E-state index in [0.717, 1.165) is 24.8 Å². The number of nitrogens with zero attached hydrogens (tertiary/aromatic N) is 1. The fraction of sp³-hybridized carbons (Fsp3) is 0.417. The molecule has 1 amide bonds. The van der Waals surface area contributed by atoms with Crippen LogP contribution in [0.1, 0.15) is 37.7 Å². The van der Waals surface area contributed by atoms with Gasteiger partial charge < -0.3 is 14.8 Å². The van der Waals surface area contributed by atoms with E-state index in [0.29, 0.717) is 31.7 Å². The lowest BCUT2D eigenvalue weighted by Gasteiger charge is -2.26. The molecule has 0 spiro atoms. The van der Waals surface area contributed by atoms with Crippen molar-refractivity contribution in [2.24, 2.45) is 0 Å². The molecule has 1 heterocycles. The second-order valence-electron chi connectivity index (χ2n) is 8.40. The maximum absolute atomic E-state index is 13.0. The molecule has 0 atom stereocenters. The molecule has 0 unspecified atom stereocenters. The van der Waals surface area contributed by atoms with Crippen LogP contribution in [0.5, 0.6) is 5.75 Å². The lowest BCUT2D eigenvalue weighted by Crippen LogP contribution is -2.35. The lowest BCUT2D eigenvalue weighted by molar-refractivity contribution is -0.150. The van der Waals surface area contributed by atoms with E-state index in [1.54, 1.807) is 0 Å². The molecule has 2 aliphatic rings. The first-order valence-electron chi connectivity index (χ1n) is 11.1. The Morgan fingerprint density at radius 2 is 1.73 bits per heavy atom. The van der Waals surface area contributed by atoms with Gasteiger partial charge in [-0.2, -0.15) is 4.31 Å². The highest BCUT2D eigenvalue weighted by atomic mass is 32.2. The van der Waals surface area contributed by atoms with Crippen LogP contribution < -0.4 is 10.1 Å². The Kier molecular flexibility index (Phi) is 6.71. The second kappa shape index (κ2) is 9.52. The molecule has 8 nitrogen and oxygen atoms in total. The van der Waals surface area contributed by atoms with Gasteiger partial charge in [0.1, 0.15) is 5.75 Å². The number of hydrogen-bond donors (Lipinski definition) is 1. The van der Waals surface area contributed by atoms with Crippen molar-refractivity contribution in [1.29, 1.82) is 0 Å². The van der Waals surface area contributed by atoms with Crippen LogP contribution >= 0.6 is 0 Å². The summed E-state index contributed by atoms with van der Waals surface area (Å²) in [6.45, 7) is 0.490. The first kappa shape index (κ1) is 23.3. The predicted molar refractivity (Wildman–Crippen MR) is 123 cm³/mol. The van der Waals surface area contributed by atoms with Gasteiger partial charge in [-0.05, 0) is 49.4 Å². The molecule has 9 heteroatoms. The molecule has 176 valence electrons. The summed E-state index contributed by atoms with van der Waals surface area (Å²) >= 11 is 0. The van der Waals surface area contributed by atoms with Crippen LogP contribution in [0.3, 0.4) is 0 Å². The third-order valence-corrected chi connectivity index (χ3v) is 8.09. The molecule has 1 saturated heterocycles. The van der Waals surface area contributed by atoms with E-state index in [2.05, 4.69) is 5.32 Å². The number of sulfonamides is 1. The van der Waals surface area contributed by atoms with Gasteiger partial charge in [0, 0.05) is 13.1 Å². The van der Waals surface area contributed by atoms with Crippen molar-refractivity contribution in [3.63, 3.8) is 0 Å². The van der Waals surface area contributed by atoms with Crippen LogP contribution in [0.15, 0.2) is 53.4 Å². The van der Waals surface area contributed by atoms with E-state index in [1.807, 2.05) is 30.3 Å². The molecule has 0 radical (unpaired) electrons. The van der Waals surface area contributed by atoms with E-state index in [1.165, 1.54) is 29.6 Å². The summed E-state index contributed by atoms with van der Waals surface area (Å²) in [6.07, 6.45) is 4.03. The predicted octanol–water partition coefficient (Wildman–Crippen LogP) is 3.08. The normalized spacial score (nSPS) is 17.7. The summed E-state index contributed by atoms with van der Waals surface area (Å²) < 4.78 is 38.0. The zero-order valence-electron chi connectivity index (χ0n) is 18.6. The Bertz CT molecular complexity index is 1120. The number of benzene rings is 2. The summed E-state index contributed by atoms with van der Waals surface area (Å²) in [6, 6.07) is 13.7. The standard InChI is InChI=1S/C24H28N2O6S/c1-31-21-11-10-19(33(29,30)26-14-6-3-7-15-26)16-20(21)25-22(27)17-32-23(28)24(12-13-24)18-8-4-2-5-9-18/h2,4-5,8-11,16H,3,6-7,12-15,17H2,1H3,(H,25,27). The van der Waals surface area contributed by atoms with E-state index >= 15 is 0 Å². The Labute approximate surface area is 193 Å². The van der Waals surface area contributed by atoms with Gasteiger partial charge >= 0.3 is 5.97 Å². The maximum atomic E-state index is 13.0. The zero-order valence-corrected chi connectivity index (χ0v) is 19.4. The van der Waals surface area contributed by atoms with Crippen molar-refractivity contribution in [2.45, 2.75) is 42.4 Å². The average Bonchev–Trinajstić information content (AvgIpc) is 3.66. The minimum atomic E-state index is -3.67. The van der Waals surface area contributed by atoms with E-state index in [4.69, 9.17) is 9.47 Å². The number of methoxy groups -OCH3 is 1. The third kappa shape index (κ3) is 4.89. The molecular weight excluding hydrogens is 444 g/mol. The first-order valence-corrected chi connectivity index (χ1v) is 12.5. The van der Waals surface area contributed by atoms with Crippen molar-refractivity contribution in [3.8, 4) is 5.75 Å². The number of esters is 1. The SMILES string of the molecule is COc1ccc(S(=O)(=O)N2CCCCC2)cc1NC(=O)COC(=O)C1(c2ccccc2)CC1. The topological polar surface area (TPSA) is 102 Å². The van der Waals surface area contributed by atoms with Crippen LogP contribution in [-0.2, 0) is 29.8 Å². The number of carbonyl (C=O) groups is 2. The Hall–Kier alpha value is -2.91. The molecule has 1 saturated carbocycles. The largest absolute Gasteiger partial charge is 0.495 e. The highest BCUT2D eigenvalue weighted by molar-refractivity contribution is 7.89.